The molecule has 3 heterocycles. The number of terminal acetylenes is 1. The van der Waals surface area contributed by atoms with Gasteiger partial charge in [-0.05, 0) is 51.5 Å². The molecule has 0 amide bonds. The minimum Gasteiger partial charge on any atom is -0.312 e. The smallest absolute Gasteiger partial charge is 0.166 e. The predicted molar refractivity (Wildman–Crippen MR) is 135 cm³/mol. The molecule has 0 aliphatic carbocycles. The third kappa shape index (κ3) is 6.02. The summed E-state index contributed by atoms with van der Waals surface area (Å²) in [4.78, 5) is 6.17. The lowest BCUT2D eigenvalue weighted by atomic mass is 10.00. The van der Waals surface area contributed by atoms with Gasteiger partial charge in [0.2, 0.25) is 0 Å². The van der Waals surface area contributed by atoms with E-state index in [1.807, 2.05) is 10.9 Å². The molecule has 0 spiro atoms. The second-order valence-electron chi connectivity index (χ2n) is 6.93. The molecule has 160 valence electrons. The first-order valence-electron chi connectivity index (χ1n) is 10.1. The summed E-state index contributed by atoms with van der Waals surface area (Å²) >= 11 is 5.34. The normalized spacial score (nSPS) is 15.2. The summed E-state index contributed by atoms with van der Waals surface area (Å²) in [5.41, 5.74) is 3.55. The summed E-state index contributed by atoms with van der Waals surface area (Å²) in [5, 5.41) is 13.7. The second kappa shape index (κ2) is 11.8. The number of aliphatic imine (C=N–C) groups is 1. The van der Waals surface area contributed by atoms with Crippen LogP contribution in [0.25, 0.3) is 6.08 Å². The van der Waals surface area contributed by atoms with Crippen molar-refractivity contribution < 1.29 is 0 Å². The first kappa shape index (κ1) is 23.2. The van der Waals surface area contributed by atoms with E-state index in [1.165, 1.54) is 16.0 Å². The number of benzene rings is 1. The largest absolute Gasteiger partial charge is 0.312 e. The maximum Gasteiger partial charge on any atom is 0.166 e. The summed E-state index contributed by atoms with van der Waals surface area (Å²) in [6, 6.07) is 12.6. The van der Waals surface area contributed by atoms with Crippen molar-refractivity contribution in [3.63, 3.8) is 0 Å². The van der Waals surface area contributed by atoms with E-state index in [1.54, 1.807) is 11.3 Å². The minimum atomic E-state index is 0.0897. The minimum absolute atomic E-state index is 0.0897. The van der Waals surface area contributed by atoms with Crippen molar-refractivity contribution >= 4 is 44.9 Å². The zero-order chi connectivity index (χ0) is 22.1. The van der Waals surface area contributed by atoms with Gasteiger partial charge in [-0.3, -0.25) is 5.32 Å². The number of fused-ring (bicyclic) bond motifs is 1. The van der Waals surface area contributed by atoms with Crippen LogP contribution in [0.5, 0.6) is 0 Å². The highest BCUT2D eigenvalue weighted by Gasteiger charge is 2.25. The maximum absolute atomic E-state index is 4.89. The van der Waals surface area contributed by atoms with Gasteiger partial charge in [-0.1, -0.05) is 36.4 Å². The molecule has 1 atom stereocenters. The van der Waals surface area contributed by atoms with Crippen LogP contribution in [0, 0.1) is 19.8 Å². The van der Waals surface area contributed by atoms with E-state index in [9.17, 15) is 0 Å². The van der Waals surface area contributed by atoms with E-state index in [4.69, 9.17) is 4.99 Å². The van der Waals surface area contributed by atoms with Crippen LogP contribution in [0.15, 0.2) is 63.5 Å². The zero-order valence-corrected chi connectivity index (χ0v) is 19.9. The van der Waals surface area contributed by atoms with Gasteiger partial charge in [0.1, 0.15) is 6.17 Å². The van der Waals surface area contributed by atoms with E-state index >= 15 is 0 Å². The van der Waals surface area contributed by atoms with Crippen molar-refractivity contribution in [2.45, 2.75) is 19.5 Å². The number of halogens is 1. The standard InChI is InChI=1S/C22H24BrN5S.C2H2/c1-16-6-2-3-9-18(16)20-14-21(28-22(27-20)19(23)15-26-28)25-12-11-24-10-4-7-17-8-5-13-29-17;1-2/h2-9,13,15,21,24-25H,10-12,14H2,1H3;1-2H/b7-4+;. The van der Waals surface area contributed by atoms with E-state index in [0.717, 1.165) is 42.1 Å². The molecule has 2 aromatic heterocycles. The fourth-order valence-corrected chi connectivity index (χ4v) is 4.42. The Balaban J connectivity index is 0.00000132. The number of hydrogen-bond donors (Lipinski definition) is 2. The van der Waals surface area contributed by atoms with Crippen LogP contribution in [0.1, 0.15) is 28.6 Å². The van der Waals surface area contributed by atoms with Crippen LogP contribution in [0.4, 0.5) is 5.82 Å². The SMILES string of the molecule is C#C.Cc1ccccc1C1=Nc2c(Br)cnn2C(NCCNC/C=C/c2cccs2)C1. The van der Waals surface area contributed by atoms with Crippen molar-refractivity contribution in [3.05, 3.63) is 74.5 Å². The lowest BCUT2D eigenvalue weighted by Crippen LogP contribution is -2.36. The number of rotatable bonds is 8. The predicted octanol–water partition coefficient (Wildman–Crippen LogP) is 5.18. The molecule has 7 heteroatoms. The van der Waals surface area contributed by atoms with E-state index in [-0.39, 0.29) is 6.17 Å². The molecule has 0 bridgehead atoms. The summed E-state index contributed by atoms with van der Waals surface area (Å²) in [7, 11) is 0. The average molecular weight is 496 g/mol. The van der Waals surface area contributed by atoms with Crippen LogP contribution in [0.3, 0.4) is 0 Å². The molecule has 0 fully saturated rings. The van der Waals surface area contributed by atoms with Gasteiger partial charge < -0.3 is 5.32 Å². The third-order valence-corrected chi connectivity index (χ3v) is 6.27. The van der Waals surface area contributed by atoms with Gasteiger partial charge >= 0.3 is 0 Å². The van der Waals surface area contributed by atoms with Crippen molar-refractivity contribution in [1.82, 2.24) is 20.4 Å². The monoisotopic (exact) mass is 495 g/mol. The molecular weight excluding hydrogens is 470 g/mol. The molecule has 1 unspecified atom stereocenters. The molecule has 31 heavy (non-hydrogen) atoms. The fraction of sp³-hybridized carbons (Fsp3) is 0.250. The van der Waals surface area contributed by atoms with E-state index in [2.05, 4.69) is 105 Å². The van der Waals surface area contributed by atoms with Crippen molar-refractivity contribution in [2.75, 3.05) is 19.6 Å². The van der Waals surface area contributed by atoms with E-state index < -0.39 is 0 Å². The number of hydrogen-bond acceptors (Lipinski definition) is 5. The number of aryl methyl sites for hydroxylation is 1. The Morgan fingerprint density at radius 1 is 1.23 bits per heavy atom. The van der Waals surface area contributed by atoms with Crippen LogP contribution in [-0.2, 0) is 0 Å². The highest BCUT2D eigenvalue weighted by molar-refractivity contribution is 9.10. The Hall–Kier alpha value is -2.50. The average Bonchev–Trinajstić information content (AvgIpc) is 3.45. The third-order valence-electron chi connectivity index (χ3n) is 4.87. The Bertz CT molecular complexity index is 1050. The fourth-order valence-electron chi connectivity index (χ4n) is 3.41. The van der Waals surface area contributed by atoms with Crippen molar-refractivity contribution in [2.24, 2.45) is 4.99 Å². The molecular formula is C24H26BrN5S. The quantitative estimate of drug-likeness (QED) is 0.334. The van der Waals surface area contributed by atoms with Gasteiger partial charge in [0.05, 0.1) is 16.4 Å². The summed E-state index contributed by atoms with van der Waals surface area (Å²) in [5.74, 6) is 0.874. The van der Waals surface area contributed by atoms with Gasteiger partial charge in [-0.15, -0.1) is 24.2 Å². The molecule has 1 aromatic carbocycles. The number of thiophene rings is 1. The topological polar surface area (TPSA) is 54.2 Å². The highest BCUT2D eigenvalue weighted by Crippen LogP contribution is 2.34. The number of aromatic nitrogens is 2. The molecule has 0 saturated heterocycles. The van der Waals surface area contributed by atoms with Crippen LogP contribution >= 0.6 is 27.3 Å². The van der Waals surface area contributed by atoms with Crippen LogP contribution in [-0.4, -0.2) is 35.1 Å². The molecule has 3 aromatic rings. The van der Waals surface area contributed by atoms with E-state index in [0.29, 0.717) is 0 Å². The Kier molecular flexibility index (Phi) is 8.80. The van der Waals surface area contributed by atoms with Gasteiger partial charge in [0.25, 0.3) is 0 Å². The molecule has 2 N–H and O–H groups in total. The molecule has 5 nitrogen and oxygen atoms in total. The Morgan fingerprint density at radius 3 is 2.84 bits per heavy atom. The molecule has 4 rings (SSSR count). The molecule has 0 saturated carbocycles. The number of nitrogens with one attached hydrogen (secondary N) is 2. The second-order valence-corrected chi connectivity index (χ2v) is 8.76. The van der Waals surface area contributed by atoms with Crippen LogP contribution in [0.2, 0.25) is 0 Å². The summed E-state index contributed by atoms with van der Waals surface area (Å²) < 4.78 is 2.90. The highest BCUT2D eigenvalue weighted by atomic mass is 79.9. The van der Waals surface area contributed by atoms with Crippen molar-refractivity contribution in [3.8, 4) is 12.8 Å². The molecule has 1 aliphatic heterocycles. The summed E-state index contributed by atoms with van der Waals surface area (Å²) in [6.45, 7) is 4.74. The van der Waals surface area contributed by atoms with Gasteiger partial charge in [0.15, 0.2) is 5.82 Å². The Labute approximate surface area is 196 Å². The summed E-state index contributed by atoms with van der Waals surface area (Å²) in [6.07, 6.45) is 15.0. The molecule has 1 aliphatic rings. The number of nitrogens with zero attached hydrogens (tertiary/aromatic N) is 3. The van der Waals surface area contributed by atoms with Gasteiger partial charge in [-0.2, -0.15) is 5.10 Å². The molecule has 0 radical (unpaired) electrons. The lowest BCUT2D eigenvalue weighted by molar-refractivity contribution is 0.377. The van der Waals surface area contributed by atoms with Crippen LogP contribution < -0.4 is 10.6 Å². The van der Waals surface area contributed by atoms with Crippen molar-refractivity contribution in [1.29, 1.82) is 0 Å². The zero-order valence-electron chi connectivity index (χ0n) is 17.5. The Morgan fingerprint density at radius 2 is 2.06 bits per heavy atom. The lowest BCUT2D eigenvalue weighted by Gasteiger charge is -2.26. The first-order valence-corrected chi connectivity index (χ1v) is 11.7. The van der Waals surface area contributed by atoms with Gasteiger partial charge in [-0.25, -0.2) is 9.67 Å². The van der Waals surface area contributed by atoms with Gasteiger partial charge in [0, 0.05) is 30.9 Å². The maximum atomic E-state index is 4.89. The first-order chi connectivity index (χ1) is 15.2.